The maximum atomic E-state index is 13.4. The van der Waals surface area contributed by atoms with Gasteiger partial charge in [-0.05, 0) is 61.4 Å². The number of nitrogens with one attached hydrogen (secondary N) is 2. The molecule has 6 nitrogen and oxygen atoms in total. The first-order chi connectivity index (χ1) is 17.5. The van der Waals surface area contributed by atoms with Crippen LogP contribution in [-0.2, 0) is 4.79 Å². The van der Waals surface area contributed by atoms with Crippen molar-refractivity contribution >= 4 is 28.4 Å². The minimum absolute atomic E-state index is 0.0205. The van der Waals surface area contributed by atoms with Gasteiger partial charge in [0.25, 0.3) is 5.91 Å². The normalized spacial score (nSPS) is 14.5. The minimum Gasteiger partial charge on any atom is -0.349 e. The average Bonchev–Trinajstić information content (AvgIpc) is 2.90. The number of amides is 2. The fourth-order valence-electron chi connectivity index (χ4n) is 4.56. The lowest BCUT2D eigenvalue weighted by Crippen LogP contribution is -2.46. The molecule has 7 heteroatoms. The van der Waals surface area contributed by atoms with Gasteiger partial charge in [0.15, 0.2) is 0 Å². The first-order valence-corrected chi connectivity index (χ1v) is 12.1. The van der Waals surface area contributed by atoms with E-state index < -0.39 is 0 Å². The van der Waals surface area contributed by atoms with Crippen LogP contribution in [0, 0.1) is 5.82 Å². The summed E-state index contributed by atoms with van der Waals surface area (Å²) in [5.74, 6) is -0.515. The molecule has 182 valence electrons. The lowest BCUT2D eigenvalue weighted by molar-refractivity contribution is -0.117. The molecule has 0 aliphatic carbocycles. The zero-order valence-electron chi connectivity index (χ0n) is 19.8. The maximum absolute atomic E-state index is 13.4. The Morgan fingerprint density at radius 1 is 0.917 bits per heavy atom. The van der Waals surface area contributed by atoms with Gasteiger partial charge in [0.1, 0.15) is 5.82 Å². The fraction of sp³-hybridized carbons (Fsp3) is 0.207. The molecule has 0 bridgehead atoms. The molecule has 1 saturated heterocycles. The van der Waals surface area contributed by atoms with Gasteiger partial charge in [0.2, 0.25) is 5.91 Å². The monoisotopic (exact) mass is 482 g/mol. The number of carbonyl (C=O) groups is 2. The van der Waals surface area contributed by atoms with E-state index in [1.807, 2.05) is 54.6 Å². The lowest BCUT2D eigenvalue weighted by atomic mass is 10.0. The predicted molar refractivity (Wildman–Crippen MR) is 139 cm³/mol. The number of likely N-dealkylation sites (tertiary alicyclic amines) is 1. The van der Waals surface area contributed by atoms with E-state index in [9.17, 15) is 14.0 Å². The highest BCUT2D eigenvalue weighted by atomic mass is 19.1. The van der Waals surface area contributed by atoms with Crippen molar-refractivity contribution in [2.75, 3.05) is 25.0 Å². The largest absolute Gasteiger partial charge is 0.349 e. The topological polar surface area (TPSA) is 74.3 Å². The molecular formula is C29H27FN4O2. The molecule has 36 heavy (non-hydrogen) atoms. The summed E-state index contributed by atoms with van der Waals surface area (Å²) in [7, 11) is 0. The molecule has 1 aliphatic rings. The second-order valence-corrected chi connectivity index (χ2v) is 9.02. The minimum atomic E-state index is -0.318. The standard InChI is InChI=1S/C29H27FN4O2/c30-21-12-10-20(11-13-21)27-18-25(24-8-4-5-9-26(24)33-27)29(36)32-23-14-16-34(17-15-23)19-28(35)31-22-6-2-1-3-7-22/h1-13,18,23H,14-17,19H2,(H,31,35)(H,32,36). The maximum Gasteiger partial charge on any atom is 0.252 e. The SMILES string of the molecule is O=C(CN1CCC(NC(=O)c2cc(-c3ccc(F)cc3)nc3ccccc23)CC1)Nc1ccccc1. The second kappa shape index (κ2) is 10.7. The van der Waals surface area contributed by atoms with Gasteiger partial charge in [-0.2, -0.15) is 0 Å². The number of fused-ring (bicyclic) bond motifs is 1. The molecule has 2 heterocycles. The number of piperidine rings is 1. The number of hydrogen-bond acceptors (Lipinski definition) is 4. The number of carbonyl (C=O) groups excluding carboxylic acids is 2. The van der Waals surface area contributed by atoms with Crippen LogP contribution < -0.4 is 10.6 Å². The van der Waals surface area contributed by atoms with Gasteiger partial charge in [-0.15, -0.1) is 0 Å². The number of hydrogen-bond donors (Lipinski definition) is 2. The van der Waals surface area contributed by atoms with Crippen LogP contribution in [0.15, 0.2) is 84.9 Å². The van der Waals surface area contributed by atoms with Crippen LogP contribution in [0.4, 0.5) is 10.1 Å². The number of anilines is 1. The summed E-state index contributed by atoms with van der Waals surface area (Å²) in [5, 5.41) is 6.86. The first kappa shape index (κ1) is 23.6. The van der Waals surface area contributed by atoms with Crippen LogP contribution in [0.5, 0.6) is 0 Å². The molecule has 1 aromatic heterocycles. The Labute approximate surface area is 209 Å². The van der Waals surface area contributed by atoms with Gasteiger partial charge in [-0.1, -0.05) is 36.4 Å². The van der Waals surface area contributed by atoms with Crippen molar-refractivity contribution in [1.29, 1.82) is 0 Å². The van der Waals surface area contributed by atoms with Crippen molar-refractivity contribution < 1.29 is 14.0 Å². The third-order valence-corrected chi connectivity index (χ3v) is 6.45. The molecule has 1 fully saturated rings. The molecule has 4 aromatic rings. The zero-order chi connectivity index (χ0) is 24.9. The highest BCUT2D eigenvalue weighted by molar-refractivity contribution is 6.07. The highest BCUT2D eigenvalue weighted by Gasteiger charge is 2.23. The summed E-state index contributed by atoms with van der Waals surface area (Å²) in [6.07, 6.45) is 1.52. The Morgan fingerprint density at radius 3 is 2.36 bits per heavy atom. The number of nitrogens with zero attached hydrogens (tertiary/aromatic N) is 2. The summed E-state index contributed by atoms with van der Waals surface area (Å²) in [6, 6.07) is 24.8. The van der Waals surface area contributed by atoms with Crippen LogP contribution in [0.2, 0.25) is 0 Å². The zero-order valence-corrected chi connectivity index (χ0v) is 19.8. The Morgan fingerprint density at radius 2 is 1.61 bits per heavy atom. The highest BCUT2D eigenvalue weighted by Crippen LogP contribution is 2.25. The van der Waals surface area contributed by atoms with E-state index in [1.54, 1.807) is 18.2 Å². The van der Waals surface area contributed by atoms with E-state index in [4.69, 9.17) is 0 Å². The Hall–Kier alpha value is -4.10. The van der Waals surface area contributed by atoms with E-state index in [1.165, 1.54) is 12.1 Å². The van der Waals surface area contributed by atoms with Gasteiger partial charge in [0.05, 0.1) is 23.3 Å². The van der Waals surface area contributed by atoms with Gasteiger partial charge in [0, 0.05) is 35.8 Å². The summed E-state index contributed by atoms with van der Waals surface area (Å²) < 4.78 is 13.4. The number of rotatable bonds is 6. The Balaban J connectivity index is 1.24. The molecule has 0 unspecified atom stereocenters. The number of para-hydroxylation sites is 2. The molecule has 2 amide bonds. The first-order valence-electron chi connectivity index (χ1n) is 12.1. The van der Waals surface area contributed by atoms with Crippen LogP contribution in [0.3, 0.4) is 0 Å². The second-order valence-electron chi connectivity index (χ2n) is 9.02. The van der Waals surface area contributed by atoms with Crippen LogP contribution >= 0.6 is 0 Å². The third kappa shape index (κ3) is 5.58. The molecule has 3 aromatic carbocycles. The van der Waals surface area contributed by atoms with Gasteiger partial charge in [-0.3, -0.25) is 14.5 Å². The molecule has 5 rings (SSSR count). The Kier molecular flexibility index (Phi) is 7.00. The molecule has 1 aliphatic heterocycles. The van der Waals surface area contributed by atoms with E-state index in [0.717, 1.165) is 42.6 Å². The summed E-state index contributed by atoms with van der Waals surface area (Å²) >= 11 is 0. The fourth-order valence-corrected chi connectivity index (χ4v) is 4.56. The number of aromatic nitrogens is 1. The number of pyridine rings is 1. The summed E-state index contributed by atoms with van der Waals surface area (Å²) in [4.78, 5) is 32.5. The van der Waals surface area contributed by atoms with E-state index in [2.05, 4.69) is 20.5 Å². The average molecular weight is 483 g/mol. The number of benzene rings is 3. The predicted octanol–water partition coefficient (Wildman–Crippen LogP) is 4.87. The van der Waals surface area contributed by atoms with Crippen molar-refractivity contribution in [2.24, 2.45) is 0 Å². The van der Waals surface area contributed by atoms with E-state index in [0.29, 0.717) is 23.3 Å². The van der Waals surface area contributed by atoms with Crippen molar-refractivity contribution in [3.63, 3.8) is 0 Å². The molecule has 0 radical (unpaired) electrons. The molecule has 0 saturated carbocycles. The van der Waals surface area contributed by atoms with Crippen LogP contribution in [-0.4, -0.2) is 47.4 Å². The Bertz CT molecular complexity index is 1370. The third-order valence-electron chi connectivity index (χ3n) is 6.45. The quantitative estimate of drug-likeness (QED) is 0.411. The lowest BCUT2D eigenvalue weighted by Gasteiger charge is -2.32. The van der Waals surface area contributed by atoms with Gasteiger partial charge in [-0.25, -0.2) is 9.37 Å². The van der Waals surface area contributed by atoms with Crippen molar-refractivity contribution in [2.45, 2.75) is 18.9 Å². The molecular weight excluding hydrogens is 455 g/mol. The van der Waals surface area contributed by atoms with Crippen molar-refractivity contribution in [3.8, 4) is 11.3 Å². The summed E-state index contributed by atoms with van der Waals surface area (Å²) in [5.41, 5.74) is 3.42. The molecule has 0 spiro atoms. The number of halogens is 1. The molecule has 2 N–H and O–H groups in total. The van der Waals surface area contributed by atoms with E-state index >= 15 is 0 Å². The van der Waals surface area contributed by atoms with Crippen LogP contribution in [0.25, 0.3) is 22.2 Å². The van der Waals surface area contributed by atoms with Crippen molar-refractivity contribution in [1.82, 2.24) is 15.2 Å². The summed E-state index contributed by atoms with van der Waals surface area (Å²) in [6.45, 7) is 1.78. The van der Waals surface area contributed by atoms with Crippen LogP contribution in [0.1, 0.15) is 23.2 Å². The van der Waals surface area contributed by atoms with E-state index in [-0.39, 0.29) is 23.7 Å². The van der Waals surface area contributed by atoms with Gasteiger partial charge >= 0.3 is 0 Å². The smallest absolute Gasteiger partial charge is 0.252 e. The molecule has 0 atom stereocenters. The van der Waals surface area contributed by atoms with Crippen molar-refractivity contribution in [3.05, 3.63) is 96.3 Å². The van der Waals surface area contributed by atoms with Gasteiger partial charge < -0.3 is 10.6 Å².